The first-order chi connectivity index (χ1) is 13.9. The number of rotatable bonds is 5. The molecule has 0 atom stereocenters. The molecule has 0 aliphatic carbocycles. The summed E-state index contributed by atoms with van der Waals surface area (Å²) in [6.45, 7) is 4.89. The number of aromatic nitrogens is 2. The van der Waals surface area contributed by atoms with Crippen LogP contribution in [0.2, 0.25) is 0 Å². The summed E-state index contributed by atoms with van der Waals surface area (Å²) in [6.07, 6.45) is 5.92. The summed E-state index contributed by atoms with van der Waals surface area (Å²) >= 11 is 0. The number of nitrogens with zero attached hydrogens (tertiary/aromatic N) is 3. The van der Waals surface area contributed by atoms with Crippen molar-refractivity contribution in [1.82, 2.24) is 9.55 Å². The fraction of sp³-hybridized carbons (Fsp3) is 0.364. The van der Waals surface area contributed by atoms with Gasteiger partial charge >= 0.3 is 0 Å². The lowest BCUT2D eigenvalue weighted by Crippen LogP contribution is -3.13. The second-order valence-electron chi connectivity index (χ2n) is 7.48. The minimum atomic E-state index is 0.282. The Labute approximate surface area is 164 Å². The molecule has 6 heteroatoms. The van der Waals surface area contributed by atoms with Crippen molar-refractivity contribution >= 4 is 23.2 Å². The zero-order valence-corrected chi connectivity index (χ0v) is 15.9. The van der Waals surface area contributed by atoms with Crippen LogP contribution >= 0.6 is 0 Å². The van der Waals surface area contributed by atoms with E-state index in [0.29, 0.717) is 0 Å². The van der Waals surface area contributed by atoms with Crippen LogP contribution in [0.5, 0.6) is 11.5 Å². The number of benzene rings is 2. The van der Waals surface area contributed by atoms with Crippen LogP contribution in [0.4, 0.5) is 5.95 Å². The number of hydrogen-bond donors (Lipinski definition) is 1. The van der Waals surface area contributed by atoms with Crippen LogP contribution in [0.25, 0.3) is 11.0 Å². The average Bonchev–Trinajstić information content (AvgIpc) is 3.35. The van der Waals surface area contributed by atoms with Gasteiger partial charge < -0.3 is 18.9 Å². The summed E-state index contributed by atoms with van der Waals surface area (Å²) in [7, 11) is 0. The number of imidazole rings is 1. The second kappa shape index (κ2) is 7.64. The van der Waals surface area contributed by atoms with Gasteiger partial charge in [-0.1, -0.05) is 12.1 Å². The molecule has 0 saturated carbocycles. The third-order valence-corrected chi connectivity index (χ3v) is 5.61. The lowest BCUT2D eigenvalue weighted by atomic mass is 10.1. The van der Waals surface area contributed by atoms with E-state index in [1.54, 1.807) is 4.90 Å². The number of para-hydroxylation sites is 2. The summed E-state index contributed by atoms with van der Waals surface area (Å²) in [6, 6.07) is 14.2. The average molecular weight is 377 g/mol. The molecule has 3 aromatic rings. The highest BCUT2D eigenvalue weighted by Crippen LogP contribution is 2.32. The molecule has 1 saturated heterocycles. The van der Waals surface area contributed by atoms with Crippen molar-refractivity contribution < 1.29 is 14.4 Å². The Morgan fingerprint density at radius 1 is 1.04 bits per heavy atom. The molecule has 2 aliphatic heterocycles. The van der Waals surface area contributed by atoms with Crippen molar-refractivity contribution in [2.45, 2.75) is 25.8 Å². The van der Waals surface area contributed by atoms with Gasteiger partial charge in [-0.2, -0.15) is 0 Å². The SMILES string of the molecule is C(=Nc1nc2ccccc2n1CC[NH+]1CCCCC1)c1ccc2c(c1)OCO2. The fourth-order valence-corrected chi connectivity index (χ4v) is 4.08. The number of piperidine rings is 1. The molecule has 0 spiro atoms. The fourth-order valence-electron chi connectivity index (χ4n) is 4.08. The number of ether oxygens (including phenoxy) is 2. The number of nitrogens with one attached hydrogen (secondary N) is 1. The van der Waals surface area contributed by atoms with Gasteiger partial charge in [0.2, 0.25) is 12.7 Å². The molecule has 2 aliphatic rings. The summed E-state index contributed by atoms with van der Waals surface area (Å²) in [5, 5.41) is 0. The number of aliphatic imine (C=N–C) groups is 1. The van der Waals surface area contributed by atoms with Crippen LogP contribution in [0.1, 0.15) is 24.8 Å². The molecule has 1 fully saturated rings. The molecule has 5 rings (SSSR count). The van der Waals surface area contributed by atoms with Crippen LogP contribution in [-0.2, 0) is 6.54 Å². The molecule has 0 radical (unpaired) electrons. The van der Waals surface area contributed by atoms with Gasteiger partial charge in [-0.05, 0) is 55.2 Å². The molecule has 2 aromatic carbocycles. The zero-order chi connectivity index (χ0) is 18.8. The Bertz CT molecular complexity index is 1000. The highest BCUT2D eigenvalue weighted by Gasteiger charge is 2.16. The van der Waals surface area contributed by atoms with Gasteiger partial charge in [0, 0.05) is 6.21 Å². The molecule has 1 aromatic heterocycles. The van der Waals surface area contributed by atoms with Gasteiger partial charge in [0.15, 0.2) is 11.5 Å². The van der Waals surface area contributed by atoms with E-state index in [0.717, 1.165) is 47.1 Å². The zero-order valence-electron chi connectivity index (χ0n) is 15.9. The maximum absolute atomic E-state index is 5.46. The molecule has 0 unspecified atom stereocenters. The number of hydrogen-bond acceptors (Lipinski definition) is 4. The first-order valence-electron chi connectivity index (χ1n) is 10.1. The van der Waals surface area contributed by atoms with Crippen LogP contribution in [0.15, 0.2) is 47.5 Å². The summed E-state index contributed by atoms with van der Waals surface area (Å²) in [4.78, 5) is 11.2. The van der Waals surface area contributed by atoms with E-state index in [1.807, 2.05) is 30.5 Å². The van der Waals surface area contributed by atoms with Gasteiger partial charge in [-0.25, -0.2) is 9.98 Å². The summed E-state index contributed by atoms with van der Waals surface area (Å²) in [5.41, 5.74) is 3.12. The number of fused-ring (bicyclic) bond motifs is 2. The number of quaternary nitrogens is 1. The minimum Gasteiger partial charge on any atom is -0.454 e. The highest BCUT2D eigenvalue weighted by atomic mass is 16.7. The van der Waals surface area contributed by atoms with Crippen molar-refractivity contribution in [1.29, 1.82) is 0 Å². The lowest BCUT2D eigenvalue weighted by Gasteiger charge is -2.23. The van der Waals surface area contributed by atoms with Crippen molar-refractivity contribution in [3.8, 4) is 11.5 Å². The van der Waals surface area contributed by atoms with Gasteiger partial charge in [0.25, 0.3) is 0 Å². The topological polar surface area (TPSA) is 53.1 Å². The molecule has 0 bridgehead atoms. The van der Waals surface area contributed by atoms with E-state index in [2.05, 4.69) is 22.8 Å². The third kappa shape index (κ3) is 3.47. The van der Waals surface area contributed by atoms with E-state index in [4.69, 9.17) is 19.5 Å². The highest BCUT2D eigenvalue weighted by molar-refractivity contribution is 5.84. The van der Waals surface area contributed by atoms with Gasteiger partial charge in [-0.15, -0.1) is 0 Å². The number of likely N-dealkylation sites (tertiary alicyclic amines) is 1. The Hall–Kier alpha value is -2.86. The van der Waals surface area contributed by atoms with Crippen LogP contribution in [0.3, 0.4) is 0 Å². The maximum atomic E-state index is 5.46. The Morgan fingerprint density at radius 2 is 1.89 bits per heavy atom. The predicted octanol–water partition coefficient (Wildman–Crippen LogP) is 2.58. The predicted molar refractivity (Wildman–Crippen MR) is 109 cm³/mol. The summed E-state index contributed by atoms with van der Waals surface area (Å²) < 4.78 is 13.1. The van der Waals surface area contributed by atoms with E-state index in [1.165, 1.54) is 32.4 Å². The van der Waals surface area contributed by atoms with Crippen LogP contribution in [-0.4, -0.2) is 42.2 Å². The van der Waals surface area contributed by atoms with Crippen molar-refractivity contribution in [3.63, 3.8) is 0 Å². The van der Waals surface area contributed by atoms with Crippen molar-refractivity contribution in [3.05, 3.63) is 48.0 Å². The third-order valence-electron chi connectivity index (χ3n) is 5.61. The molecule has 144 valence electrons. The largest absolute Gasteiger partial charge is 0.454 e. The van der Waals surface area contributed by atoms with Gasteiger partial charge in [-0.3, -0.25) is 0 Å². The molecule has 0 amide bonds. The Balaban J connectivity index is 1.41. The summed E-state index contributed by atoms with van der Waals surface area (Å²) in [5.74, 6) is 2.32. The van der Waals surface area contributed by atoms with Crippen molar-refractivity contribution in [2.24, 2.45) is 4.99 Å². The molecule has 6 nitrogen and oxygen atoms in total. The van der Waals surface area contributed by atoms with Gasteiger partial charge in [0.05, 0.1) is 37.2 Å². The van der Waals surface area contributed by atoms with E-state index >= 15 is 0 Å². The molecule has 1 N–H and O–H groups in total. The van der Waals surface area contributed by atoms with Gasteiger partial charge in [0.1, 0.15) is 0 Å². The smallest absolute Gasteiger partial charge is 0.231 e. The molecular weight excluding hydrogens is 352 g/mol. The maximum Gasteiger partial charge on any atom is 0.231 e. The first kappa shape index (κ1) is 17.3. The van der Waals surface area contributed by atoms with Crippen LogP contribution < -0.4 is 14.4 Å². The molecule has 3 heterocycles. The van der Waals surface area contributed by atoms with E-state index in [-0.39, 0.29) is 6.79 Å². The minimum absolute atomic E-state index is 0.282. The van der Waals surface area contributed by atoms with Crippen LogP contribution in [0, 0.1) is 0 Å². The van der Waals surface area contributed by atoms with Crippen molar-refractivity contribution in [2.75, 3.05) is 26.4 Å². The van der Waals surface area contributed by atoms with E-state index < -0.39 is 0 Å². The standard InChI is InChI=1S/C22H24N4O2/c1-4-10-25(11-5-1)12-13-26-19-7-3-2-6-18(19)24-22(26)23-15-17-8-9-20-21(14-17)28-16-27-20/h2-3,6-9,14-15H,1,4-5,10-13,16H2/p+1. The lowest BCUT2D eigenvalue weighted by molar-refractivity contribution is -0.905. The second-order valence-corrected chi connectivity index (χ2v) is 7.48. The first-order valence-corrected chi connectivity index (χ1v) is 10.1. The monoisotopic (exact) mass is 377 g/mol. The quantitative estimate of drug-likeness (QED) is 0.696. The Morgan fingerprint density at radius 3 is 2.82 bits per heavy atom. The molecule has 28 heavy (non-hydrogen) atoms. The Kier molecular flexibility index (Phi) is 4.71. The molecular formula is C22H25N4O2+. The normalized spacial score (nSPS) is 17.0. The van der Waals surface area contributed by atoms with E-state index in [9.17, 15) is 0 Å².